The van der Waals surface area contributed by atoms with E-state index in [1.165, 1.54) is 4.57 Å². The molecule has 0 aliphatic heterocycles. The van der Waals surface area contributed by atoms with Crippen LogP contribution in [-0.2, 0) is 13.5 Å². The van der Waals surface area contributed by atoms with Crippen LogP contribution in [-0.4, -0.2) is 27.2 Å². The molecule has 1 aromatic carbocycles. The minimum Gasteiger partial charge on any atom is -0.478 e. The van der Waals surface area contributed by atoms with Gasteiger partial charge in [-0.05, 0) is 24.1 Å². The summed E-state index contributed by atoms with van der Waals surface area (Å²) >= 11 is 0. The molecular weight excluding hydrogens is 258 g/mol. The van der Waals surface area contributed by atoms with Gasteiger partial charge in [-0.3, -0.25) is 4.79 Å². The fourth-order valence-corrected chi connectivity index (χ4v) is 1.76. The molecule has 0 bridgehead atoms. The van der Waals surface area contributed by atoms with Gasteiger partial charge in [0.05, 0.1) is 5.56 Å². The van der Waals surface area contributed by atoms with Crippen LogP contribution >= 0.6 is 0 Å². The number of nitrogens with one attached hydrogen (secondary N) is 1. The van der Waals surface area contributed by atoms with Crippen LogP contribution in [0, 0.1) is 0 Å². The highest BCUT2D eigenvalue weighted by Crippen LogP contribution is 2.05. The van der Waals surface area contributed by atoms with E-state index in [0.717, 1.165) is 5.56 Å². The zero-order valence-electron chi connectivity index (χ0n) is 11.0. The van der Waals surface area contributed by atoms with E-state index in [0.29, 0.717) is 18.8 Å². The number of rotatable bonds is 5. The van der Waals surface area contributed by atoms with Crippen LogP contribution in [0.4, 0.5) is 5.82 Å². The highest BCUT2D eigenvalue weighted by Gasteiger charge is 2.03. The first-order chi connectivity index (χ1) is 9.58. The predicted octanol–water partition coefficient (Wildman–Crippen LogP) is 1.13. The molecule has 0 unspecified atom stereocenters. The predicted molar refractivity (Wildman–Crippen MR) is 75.1 cm³/mol. The van der Waals surface area contributed by atoms with Crippen molar-refractivity contribution in [2.45, 2.75) is 6.42 Å². The molecule has 6 nitrogen and oxygen atoms in total. The number of carboxylic acid groups (broad SMARTS) is 1. The van der Waals surface area contributed by atoms with E-state index in [2.05, 4.69) is 10.3 Å². The van der Waals surface area contributed by atoms with E-state index in [9.17, 15) is 9.59 Å². The van der Waals surface area contributed by atoms with Crippen molar-refractivity contribution in [2.24, 2.45) is 7.05 Å². The number of carboxylic acids is 1. The molecule has 0 fully saturated rings. The summed E-state index contributed by atoms with van der Waals surface area (Å²) in [5.74, 6) is -0.621. The second kappa shape index (κ2) is 6.01. The summed E-state index contributed by atoms with van der Waals surface area (Å²) in [5.41, 5.74) is 1.09. The van der Waals surface area contributed by atoms with E-state index in [4.69, 9.17) is 5.11 Å². The van der Waals surface area contributed by atoms with Crippen molar-refractivity contribution in [1.29, 1.82) is 0 Å². The number of aryl methyl sites for hydroxylation is 1. The first-order valence-electron chi connectivity index (χ1n) is 6.15. The van der Waals surface area contributed by atoms with Crippen LogP contribution in [0.15, 0.2) is 41.5 Å². The van der Waals surface area contributed by atoms with Crippen molar-refractivity contribution in [3.05, 3.63) is 58.1 Å². The maximum absolute atomic E-state index is 11.7. The van der Waals surface area contributed by atoms with Gasteiger partial charge in [-0.2, -0.15) is 0 Å². The van der Waals surface area contributed by atoms with Gasteiger partial charge in [-0.1, -0.05) is 12.1 Å². The van der Waals surface area contributed by atoms with Crippen LogP contribution in [0.5, 0.6) is 0 Å². The van der Waals surface area contributed by atoms with Gasteiger partial charge in [0.1, 0.15) is 0 Å². The van der Waals surface area contributed by atoms with E-state index >= 15 is 0 Å². The lowest BCUT2D eigenvalue weighted by Gasteiger charge is -2.06. The molecule has 0 aliphatic rings. The molecule has 1 heterocycles. The molecule has 0 saturated heterocycles. The zero-order chi connectivity index (χ0) is 14.5. The topological polar surface area (TPSA) is 84.2 Å². The highest BCUT2D eigenvalue weighted by molar-refractivity contribution is 5.87. The molecule has 0 saturated carbocycles. The summed E-state index contributed by atoms with van der Waals surface area (Å²) < 4.78 is 1.46. The average molecular weight is 273 g/mol. The van der Waals surface area contributed by atoms with E-state index in [1.54, 1.807) is 43.7 Å². The van der Waals surface area contributed by atoms with E-state index in [1.807, 2.05) is 0 Å². The lowest BCUT2D eigenvalue weighted by Crippen LogP contribution is -2.22. The highest BCUT2D eigenvalue weighted by atomic mass is 16.4. The Kier molecular flexibility index (Phi) is 4.14. The summed E-state index contributed by atoms with van der Waals surface area (Å²) in [6.45, 7) is 0.554. The van der Waals surface area contributed by atoms with Crippen LogP contribution in [0.25, 0.3) is 0 Å². The number of aromatic carboxylic acids is 1. The molecule has 0 spiro atoms. The van der Waals surface area contributed by atoms with Gasteiger partial charge in [-0.25, -0.2) is 9.78 Å². The molecule has 0 atom stereocenters. The third kappa shape index (κ3) is 3.23. The number of carbonyl (C=O) groups is 1. The normalized spacial score (nSPS) is 10.2. The van der Waals surface area contributed by atoms with Gasteiger partial charge >= 0.3 is 5.97 Å². The summed E-state index contributed by atoms with van der Waals surface area (Å²) in [4.78, 5) is 26.4. The first-order valence-corrected chi connectivity index (χ1v) is 6.15. The van der Waals surface area contributed by atoms with Crippen molar-refractivity contribution in [2.75, 3.05) is 11.9 Å². The largest absolute Gasteiger partial charge is 0.478 e. The van der Waals surface area contributed by atoms with Crippen molar-refractivity contribution >= 4 is 11.8 Å². The molecule has 0 amide bonds. The molecule has 1 aromatic heterocycles. The Labute approximate surface area is 115 Å². The van der Waals surface area contributed by atoms with Gasteiger partial charge in [0.2, 0.25) is 0 Å². The van der Waals surface area contributed by atoms with Crippen molar-refractivity contribution in [3.63, 3.8) is 0 Å². The first kappa shape index (κ1) is 13.8. The van der Waals surface area contributed by atoms with Crippen molar-refractivity contribution < 1.29 is 9.90 Å². The van der Waals surface area contributed by atoms with Gasteiger partial charge in [0.25, 0.3) is 5.56 Å². The van der Waals surface area contributed by atoms with Crippen LogP contribution in [0.1, 0.15) is 15.9 Å². The average Bonchev–Trinajstić information content (AvgIpc) is 2.44. The van der Waals surface area contributed by atoms with Crippen LogP contribution in [0.2, 0.25) is 0 Å². The van der Waals surface area contributed by atoms with Crippen molar-refractivity contribution in [3.8, 4) is 0 Å². The molecule has 20 heavy (non-hydrogen) atoms. The van der Waals surface area contributed by atoms with Crippen molar-refractivity contribution in [1.82, 2.24) is 9.55 Å². The Morgan fingerprint density at radius 2 is 2.05 bits per heavy atom. The molecule has 0 radical (unpaired) electrons. The van der Waals surface area contributed by atoms with Gasteiger partial charge in [0.15, 0.2) is 5.82 Å². The minimum atomic E-state index is -0.938. The number of nitrogens with zero attached hydrogens (tertiary/aromatic N) is 2. The van der Waals surface area contributed by atoms with Crippen LogP contribution in [0.3, 0.4) is 0 Å². The molecule has 6 heteroatoms. The summed E-state index contributed by atoms with van der Waals surface area (Å²) in [6, 6.07) is 6.66. The quantitative estimate of drug-likeness (QED) is 0.853. The maximum Gasteiger partial charge on any atom is 0.335 e. The number of hydrogen-bond acceptors (Lipinski definition) is 4. The molecule has 2 rings (SSSR count). The Bertz CT molecular complexity index is 662. The third-order valence-electron chi connectivity index (χ3n) is 2.92. The van der Waals surface area contributed by atoms with Gasteiger partial charge in [0, 0.05) is 26.0 Å². The standard InChI is InChI=1S/C14H15N3O3/c1-17-9-8-16-12(13(17)18)15-7-6-10-2-4-11(5-3-10)14(19)20/h2-5,8-9H,6-7H2,1H3,(H,15,16)(H,19,20). The summed E-state index contributed by atoms with van der Waals surface area (Å²) in [7, 11) is 1.67. The Balaban J connectivity index is 1.94. The Morgan fingerprint density at radius 1 is 1.35 bits per heavy atom. The maximum atomic E-state index is 11.7. The number of aromatic nitrogens is 2. The number of benzene rings is 1. The summed E-state index contributed by atoms with van der Waals surface area (Å²) in [6.07, 6.45) is 3.84. The zero-order valence-corrected chi connectivity index (χ0v) is 11.0. The third-order valence-corrected chi connectivity index (χ3v) is 2.92. The fraction of sp³-hybridized carbons (Fsp3) is 0.214. The van der Waals surface area contributed by atoms with Gasteiger partial charge in [-0.15, -0.1) is 0 Å². The molecule has 2 aromatic rings. The Hall–Kier alpha value is -2.63. The van der Waals surface area contributed by atoms with E-state index < -0.39 is 5.97 Å². The SMILES string of the molecule is Cn1ccnc(NCCc2ccc(C(=O)O)cc2)c1=O. The van der Waals surface area contributed by atoms with Gasteiger partial charge < -0.3 is 15.0 Å². The second-order valence-electron chi connectivity index (χ2n) is 4.37. The number of hydrogen-bond donors (Lipinski definition) is 2. The monoisotopic (exact) mass is 273 g/mol. The lowest BCUT2D eigenvalue weighted by molar-refractivity contribution is 0.0697. The molecular formula is C14H15N3O3. The minimum absolute atomic E-state index is 0.172. The molecule has 104 valence electrons. The number of anilines is 1. The molecule has 2 N–H and O–H groups in total. The second-order valence-corrected chi connectivity index (χ2v) is 4.37. The fourth-order valence-electron chi connectivity index (χ4n) is 1.76. The Morgan fingerprint density at radius 3 is 2.70 bits per heavy atom. The summed E-state index contributed by atoms with van der Waals surface area (Å²) in [5, 5.41) is 11.8. The van der Waals surface area contributed by atoms with Crippen LogP contribution < -0.4 is 10.9 Å². The molecule has 0 aliphatic carbocycles. The smallest absolute Gasteiger partial charge is 0.335 e. The van der Waals surface area contributed by atoms with E-state index in [-0.39, 0.29) is 11.1 Å². The lowest BCUT2D eigenvalue weighted by atomic mass is 10.1.